The molecule has 2 aliphatic rings. The van der Waals surface area contributed by atoms with Crippen molar-refractivity contribution in [2.75, 3.05) is 37.0 Å². The molecule has 1 saturated heterocycles. The monoisotopic (exact) mass is 382 g/mol. The fraction of sp³-hybridized carbons (Fsp3) is 0.500. The van der Waals surface area contributed by atoms with E-state index in [1.807, 2.05) is 23.9 Å². The molecule has 2 aromatic rings. The number of anilines is 2. The van der Waals surface area contributed by atoms with Gasteiger partial charge >= 0.3 is 0 Å². The molecule has 0 atom stereocenters. The second kappa shape index (κ2) is 7.61. The van der Waals surface area contributed by atoms with Crippen molar-refractivity contribution in [1.29, 1.82) is 0 Å². The quantitative estimate of drug-likeness (QED) is 0.844. The zero-order chi connectivity index (χ0) is 19.7. The lowest BCUT2D eigenvalue weighted by atomic mass is 10.0. The minimum Gasteiger partial charge on any atom is -0.363 e. The van der Waals surface area contributed by atoms with Crippen LogP contribution in [0.2, 0.25) is 0 Å². The van der Waals surface area contributed by atoms with Gasteiger partial charge in [0.05, 0.1) is 5.56 Å². The zero-order valence-corrected chi connectivity index (χ0v) is 16.3. The Morgan fingerprint density at radius 1 is 1.07 bits per heavy atom. The first-order valence-electron chi connectivity index (χ1n) is 9.78. The van der Waals surface area contributed by atoms with Gasteiger partial charge in [-0.1, -0.05) is 0 Å². The first kappa shape index (κ1) is 18.5. The molecule has 8 nitrogen and oxygen atoms in total. The maximum atomic E-state index is 12.7. The molecular formula is C20H26N6O2. The molecular weight excluding hydrogens is 356 g/mol. The van der Waals surface area contributed by atoms with E-state index in [9.17, 15) is 9.59 Å². The first-order valence-corrected chi connectivity index (χ1v) is 9.78. The van der Waals surface area contributed by atoms with Crippen molar-refractivity contribution in [2.24, 2.45) is 0 Å². The van der Waals surface area contributed by atoms with E-state index in [2.05, 4.69) is 25.9 Å². The minimum absolute atomic E-state index is 0.0235. The average molecular weight is 382 g/mol. The largest absolute Gasteiger partial charge is 0.363 e. The predicted octanol–water partition coefficient (Wildman–Crippen LogP) is 1.50. The number of hydrogen-bond acceptors (Lipinski definition) is 6. The Morgan fingerprint density at radius 2 is 1.75 bits per heavy atom. The van der Waals surface area contributed by atoms with Gasteiger partial charge in [0.1, 0.15) is 18.0 Å². The normalized spacial score (nSPS) is 17.4. The van der Waals surface area contributed by atoms with E-state index in [1.54, 1.807) is 12.4 Å². The van der Waals surface area contributed by atoms with Crippen LogP contribution in [0.25, 0.3) is 0 Å². The van der Waals surface area contributed by atoms with Crippen molar-refractivity contribution in [2.45, 2.75) is 37.8 Å². The number of carbonyl (C=O) groups excluding carboxylic acids is 1. The van der Waals surface area contributed by atoms with Crippen molar-refractivity contribution in [1.82, 2.24) is 19.9 Å². The summed E-state index contributed by atoms with van der Waals surface area (Å²) in [5, 5.41) is 0. The van der Waals surface area contributed by atoms with Crippen LogP contribution in [0.5, 0.6) is 0 Å². The van der Waals surface area contributed by atoms with E-state index in [0.717, 1.165) is 24.5 Å². The summed E-state index contributed by atoms with van der Waals surface area (Å²) in [4.78, 5) is 41.7. The molecule has 0 bridgehead atoms. The van der Waals surface area contributed by atoms with Gasteiger partial charge in [0.15, 0.2) is 0 Å². The molecule has 2 fully saturated rings. The topological polar surface area (TPSA) is 85.4 Å². The Bertz CT molecular complexity index is 879. The van der Waals surface area contributed by atoms with Crippen molar-refractivity contribution in [3.63, 3.8) is 0 Å². The van der Waals surface area contributed by atoms with E-state index in [4.69, 9.17) is 0 Å². The lowest BCUT2D eigenvalue weighted by Crippen LogP contribution is -2.48. The molecule has 1 aliphatic carbocycles. The number of aromatic amines is 1. The van der Waals surface area contributed by atoms with Gasteiger partial charge < -0.3 is 19.7 Å². The number of likely N-dealkylation sites (tertiary alicyclic amines) is 1. The third kappa shape index (κ3) is 3.85. The summed E-state index contributed by atoms with van der Waals surface area (Å²) in [6.07, 6.45) is 7.33. The molecule has 0 unspecified atom stereocenters. The number of nitrogens with zero attached hydrogens (tertiary/aromatic N) is 5. The molecule has 4 rings (SSSR count). The van der Waals surface area contributed by atoms with E-state index >= 15 is 0 Å². The Hall–Kier alpha value is -2.90. The number of nitrogens with one attached hydrogen (secondary N) is 1. The van der Waals surface area contributed by atoms with Crippen molar-refractivity contribution < 1.29 is 4.79 Å². The van der Waals surface area contributed by atoms with Crippen LogP contribution >= 0.6 is 0 Å². The summed E-state index contributed by atoms with van der Waals surface area (Å²) in [5.74, 6) is 1.86. The van der Waals surface area contributed by atoms with Gasteiger partial charge in [0.25, 0.3) is 5.91 Å². The van der Waals surface area contributed by atoms with Crippen LogP contribution in [-0.4, -0.2) is 65.0 Å². The smallest absolute Gasteiger partial charge is 0.255 e. The highest BCUT2D eigenvalue weighted by atomic mass is 16.2. The van der Waals surface area contributed by atoms with Crippen LogP contribution in [0, 0.1) is 0 Å². The third-order valence-corrected chi connectivity index (χ3v) is 5.48. The highest BCUT2D eigenvalue weighted by molar-refractivity contribution is 5.93. The van der Waals surface area contributed by atoms with Crippen LogP contribution in [-0.2, 0) is 0 Å². The van der Waals surface area contributed by atoms with Crippen LogP contribution in [0.4, 0.5) is 11.6 Å². The van der Waals surface area contributed by atoms with Crippen molar-refractivity contribution in [3.8, 4) is 0 Å². The highest BCUT2D eigenvalue weighted by Crippen LogP contribution is 2.36. The van der Waals surface area contributed by atoms with E-state index < -0.39 is 0 Å². The van der Waals surface area contributed by atoms with Crippen LogP contribution < -0.4 is 15.4 Å². The second-order valence-corrected chi connectivity index (χ2v) is 7.73. The van der Waals surface area contributed by atoms with Crippen molar-refractivity contribution in [3.05, 3.63) is 46.6 Å². The number of hydrogen-bond donors (Lipinski definition) is 1. The van der Waals surface area contributed by atoms with Gasteiger partial charge in [-0.2, -0.15) is 0 Å². The summed E-state index contributed by atoms with van der Waals surface area (Å²) >= 11 is 0. The molecule has 28 heavy (non-hydrogen) atoms. The molecule has 8 heteroatoms. The molecule has 1 amide bonds. The molecule has 3 heterocycles. The predicted molar refractivity (Wildman–Crippen MR) is 108 cm³/mol. The number of amides is 1. The number of carbonyl (C=O) groups is 1. The van der Waals surface area contributed by atoms with Gasteiger partial charge in [-0.3, -0.25) is 9.59 Å². The Balaban J connectivity index is 1.45. The molecule has 0 aromatic carbocycles. The van der Waals surface area contributed by atoms with E-state index in [-0.39, 0.29) is 11.5 Å². The molecule has 1 N–H and O–H groups in total. The lowest BCUT2D eigenvalue weighted by Gasteiger charge is -2.39. The average Bonchev–Trinajstić information content (AvgIpc) is 3.54. The van der Waals surface area contributed by atoms with Crippen molar-refractivity contribution >= 4 is 17.5 Å². The zero-order valence-electron chi connectivity index (χ0n) is 16.3. The van der Waals surface area contributed by atoms with Crippen LogP contribution in [0.3, 0.4) is 0 Å². The maximum absolute atomic E-state index is 12.7. The summed E-state index contributed by atoms with van der Waals surface area (Å²) in [5.41, 5.74) is 0.334. The maximum Gasteiger partial charge on any atom is 0.255 e. The molecule has 1 saturated carbocycles. The standard InChI is InChI=1S/C20H26N6O2/c1-24(2)17-11-18(23-13-22-17)26(15-4-5-15)16-7-9-25(10-8-16)20(28)14-3-6-19(27)21-12-14/h3,6,11-13,15-16H,4-5,7-10H2,1-2H3,(H,21,27). The highest BCUT2D eigenvalue weighted by Gasteiger charge is 2.37. The Morgan fingerprint density at radius 3 is 2.36 bits per heavy atom. The number of rotatable bonds is 5. The van der Waals surface area contributed by atoms with Crippen LogP contribution in [0.15, 0.2) is 35.5 Å². The SMILES string of the molecule is CN(C)c1cc(N(C2CC2)C2CCN(C(=O)c3ccc(=O)[nH]c3)CC2)ncn1. The fourth-order valence-corrected chi connectivity index (χ4v) is 3.82. The second-order valence-electron chi connectivity index (χ2n) is 7.73. The Kier molecular flexibility index (Phi) is 5.02. The summed E-state index contributed by atoms with van der Waals surface area (Å²) in [6.45, 7) is 1.41. The number of piperidine rings is 1. The summed E-state index contributed by atoms with van der Waals surface area (Å²) in [6, 6.07) is 5.95. The van der Waals surface area contributed by atoms with E-state index in [1.165, 1.54) is 25.1 Å². The number of aromatic nitrogens is 3. The van der Waals surface area contributed by atoms with Crippen LogP contribution in [0.1, 0.15) is 36.0 Å². The van der Waals surface area contributed by atoms with Gasteiger partial charge in [-0.05, 0) is 31.7 Å². The lowest BCUT2D eigenvalue weighted by molar-refractivity contribution is 0.0711. The molecule has 148 valence electrons. The summed E-state index contributed by atoms with van der Waals surface area (Å²) in [7, 11) is 3.96. The van der Waals surface area contributed by atoms with Gasteiger partial charge in [0, 0.05) is 57.6 Å². The first-order chi connectivity index (χ1) is 13.5. The molecule has 2 aromatic heterocycles. The van der Waals surface area contributed by atoms with E-state index in [0.29, 0.717) is 30.7 Å². The van der Waals surface area contributed by atoms with Gasteiger partial charge in [-0.15, -0.1) is 0 Å². The molecule has 1 aliphatic heterocycles. The number of pyridine rings is 1. The third-order valence-electron chi connectivity index (χ3n) is 5.48. The molecule has 0 radical (unpaired) electrons. The molecule has 0 spiro atoms. The fourth-order valence-electron chi connectivity index (χ4n) is 3.82. The Labute approximate surface area is 164 Å². The summed E-state index contributed by atoms with van der Waals surface area (Å²) < 4.78 is 0. The number of H-pyrrole nitrogens is 1. The van der Waals surface area contributed by atoms with Gasteiger partial charge in [0.2, 0.25) is 5.56 Å². The van der Waals surface area contributed by atoms with Gasteiger partial charge in [-0.25, -0.2) is 9.97 Å². The minimum atomic E-state index is -0.197.